The Labute approximate surface area is 195 Å². The summed E-state index contributed by atoms with van der Waals surface area (Å²) in [6.45, 7) is 3.53. The minimum absolute atomic E-state index is 0.125. The fourth-order valence-electron chi connectivity index (χ4n) is 3.94. The number of allylic oxidation sites excluding steroid dienone is 1. The molecule has 0 saturated heterocycles. The molecule has 1 aliphatic rings. The summed E-state index contributed by atoms with van der Waals surface area (Å²) in [5, 5.41) is 0. The summed E-state index contributed by atoms with van der Waals surface area (Å²) in [6.07, 6.45) is -6.82. The third-order valence-electron chi connectivity index (χ3n) is 5.69. The molecule has 0 fully saturated rings. The maximum atomic E-state index is 14.2. The number of benzene rings is 3. The van der Waals surface area contributed by atoms with E-state index >= 15 is 0 Å². The third kappa shape index (κ3) is 4.37. The van der Waals surface area contributed by atoms with Gasteiger partial charge in [-0.3, -0.25) is 4.79 Å². The summed E-state index contributed by atoms with van der Waals surface area (Å²) in [5.41, 5.74) is 1.94. The summed E-state index contributed by atoms with van der Waals surface area (Å²) < 4.78 is 74.9. The van der Waals surface area contributed by atoms with Gasteiger partial charge in [0, 0.05) is 5.56 Å². The van der Waals surface area contributed by atoms with Crippen molar-refractivity contribution in [1.82, 2.24) is 0 Å². The quantitative estimate of drug-likeness (QED) is 0.420. The first-order valence-electron chi connectivity index (χ1n) is 10.5. The Morgan fingerprint density at radius 3 is 1.88 bits per heavy atom. The van der Waals surface area contributed by atoms with E-state index in [4.69, 9.17) is 4.74 Å². The molecule has 0 radical (unpaired) electrons. The number of aryl methyl sites for hydroxylation is 2. The molecule has 0 aliphatic carbocycles. The number of hydrogen-bond acceptors (Lipinski definition) is 4. The third-order valence-corrected chi connectivity index (χ3v) is 7.60. The number of sulfone groups is 1. The van der Waals surface area contributed by atoms with Crippen LogP contribution in [0.25, 0.3) is 0 Å². The van der Waals surface area contributed by atoms with E-state index in [1.54, 1.807) is 44.2 Å². The highest BCUT2D eigenvalue weighted by Crippen LogP contribution is 2.49. The molecular formula is C26H21F3O4S. The fraction of sp³-hybridized carbons (Fsp3) is 0.192. The van der Waals surface area contributed by atoms with Crippen molar-refractivity contribution in [2.45, 2.75) is 36.9 Å². The Morgan fingerprint density at radius 2 is 1.35 bits per heavy atom. The first-order chi connectivity index (χ1) is 16.0. The summed E-state index contributed by atoms with van der Waals surface area (Å²) in [6, 6.07) is 19.6. The predicted molar refractivity (Wildman–Crippen MR) is 121 cm³/mol. The molecule has 176 valence electrons. The van der Waals surface area contributed by atoms with Gasteiger partial charge >= 0.3 is 6.18 Å². The normalized spacial score (nSPS) is 18.6. The van der Waals surface area contributed by atoms with E-state index in [9.17, 15) is 26.4 Å². The molecule has 0 saturated carbocycles. The molecule has 1 heterocycles. The minimum Gasteiger partial charge on any atom is -0.475 e. The Morgan fingerprint density at radius 1 is 0.824 bits per heavy atom. The maximum absolute atomic E-state index is 14.2. The molecule has 1 aliphatic heterocycles. The van der Waals surface area contributed by atoms with E-state index in [-0.39, 0.29) is 16.0 Å². The molecular weight excluding hydrogens is 465 g/mol. The number of carbonyl (C=O) groups excluding carboxylic acids is 1. The molecule has 0 aromatic heterocycles. The molecule has 0 bridgehead atoms. The van der Waals surface area contributed by atoms with Crippen LogP contribution in [0.5, 0.6) is 0 Å². The summed E-state index contributed by atoms with van der Waals surface area (Å²) in [4.78, 5) is 12.1. The van der Waals surface area contributed by atoms with Crippen molar-refractivity contribution in [1.29, 1.82) is 0 Å². The second-order valence-electron chi connectivity index (χ2n) is 8.16. The van der Waals surface area contributed by atoms with Gasteiger partial charge in [-0.2, -0.15) is 13.2 Å². The van der Waals surface area contributed by atoms with E-state index in [2.05, 4.69) is 0 Å². The van der Waals surface area contributed by atoms with Gasteiger partial charge in [0.1, 0.15) is 4.91 Å². The van der Waals surface area contributed by atoms with E-state index in [1.807, 2.05) is 0 Å². The second-order valence-corrected chi connectivity index (χ2v) is 10.1. The highest BCUT2D eigenvalue weighted by molar-refractivity contribution is 7.95. The van der Waals surface area contributed by atoms with Crippen LogP contribution in [-0.4, -0.2) is 26.5 Å². The topological polar surface area (TPSA) is 60.4 Å². The average Bonchev–Trinajstić information content (AvgIpc) is 3.22. The highest BCUT2D eigenvalue weighted by atomic mass is 32.2. The fourth-order valence-corrected chi connectivity index (χ4v) is 5.69. The molecule has 4 rings (SSSR count). The Balaban J connectivity index is 1.96. The molecule has 0 N–H and O–H groups in total. The van der Waals surface area contributed by atoms with Crippen molar-refractivity contribution in [3.8, 4) is 0 Å². The summed E-state index contributed by atoms with van der Waals surface area (Å²) in [7, 11) is -4.66. The molecule has 3 aromatic rings. The number of carbonyl (C=O) groups is 1. The van der Waals surface area contributed by atoms with Crippen LogP contribution in [0.4, 0.5) is 13.2 Å². The number of rotatable bonds is 5. The lowest BCUT2D eigenvalue weighted by atomic mass is 9.89. The molecule has 4 nitrogen and oxygen atoms in total. The van der Waals surface area contributed by atoms with Crippen LogP contribution in [-0.2, 0) is 14.6 Å². The van der Waals surface area contributed by atoms with Crippen LogP contribution < -0.4 is 0 Å². The number of hydrogen-bond donors (Lipinski definition) is 0. The summed E-state index contributed by atoms with van der Waals surface area (Å²) in [5.74, 6) is -3.87. The maximum Gasteiger partial charge on any atom is 0.450 e. The zero-order valence-electron chi connectivity index (χ0n) is 18.3. The highest BCUT2D eigenvalue weighted by Gasteiger charge is 2.55. The first-order valence-corrected chi connectivity index (χ1v) is 11.9. The SMILES string of the molecule is Cc1ccc([C@H]2C(S(=O)(=O)c3ccc(C)cc3)=C(C(F)(F)F)O[C@@H]2C(=O)c2ccccc2)cc1. The number of ketones is 1. The minimum atomic E-state index is -5.12. The predicted octanol–water partition coefficient (Wildman–Crippen LogP) is 5.92. The van der Waals surface area contributed by atoms with Crippen LogP contribution in [0.15, 0.2) is 94.4 Å². The van der Waals surface area contributed by atoms with Crippen LogP contribution in [0, 0.1) is 13.8 Å². The monoisotopic (exact) mass is 486 g/mol. The van der Waals surface area contributed by atoms with E-state index in [1.165, 1.54) is 48.5 Å². The molecule has 34 heavy (non-hydrogen) atoms. The average molecular weight is 487 g/mol. The molecule has 3 aromatic carbocycles. The zero-order valence-corrected chi connectivity index (χ0v) is 19.2. The molecule has 2 atom stereocenters. The van der Waals surface area contributed by atoms with E-state index in [0.29, 0.717) is 0 Å². The lowest BCUT2D eigenvalue weighted by Crippen LogP contribution is -2.29. The zero-order chi connectivity index (χ0) is 24.7. The number of alkyl halides is 3. The van der Waals surface area contributed by atoms with Gasteiger partial charge in [0.15, 0.2) is 6.10 Å². The van der Waals surface area contributed by atoms with Crippen LogP contribution in [0.2, 0.25) is 0 Å². The molecule has 8 heteroatoms. The Kier molecular flexibility index (Phi) is 6.12. The first kappa shape index (κ1) is 23.8. The van der Waals surface area contributed by atoms with Gasteiger partial charge in [0.2, 0.25) is 21.4 Å². The number of ether oxygens (including phenoxy) is 1. The van der Waals surface area contributed by atoms with Crippen LogP contribution in [0.3, 0.4) is 0 Å². The van der Waals surface area contributed by atoms with E-state index < -0.39 is 44.5 Å². The lowest BCUT2D eigenvalue weighted by molar-refractivity contribution is -0.131. The van der Waals surface area contributed by atoms with Gasteiger partial charge in [-0.05, 0) is 31.5 Å². The van der Waals surface area contributed by atoms with Crippen molar-refractivity contribution < 1.29 is 31.1 Å². The van der Waals surface area contributed by atoms with Crippen molar-refractivity contribution in [3.05, 3.63) is 112 Å². The van der Waals surface area contributed by atoms with E-state index in [0.717, 1.165) is 11.1 Å². The Hall–Kier alpha value is -3.39. The largest absolute Gasteiger partial charge is 0.475 e. The molecule has 0 amide bonds. The van der Waals surface area contributed by atoms with Crippen LogP contribution in [0.1, 0.15) is 33.0 Å². The van der Waals surface area contributed by atoms with Gasteiger partial charge in [-0.1, -0.05) is 77.9 Å². The number of Topliss-reactive ketones (excluding diaryl/α,β-unsaturated/α-hetero) is 1. The van der Waals surface area contributed by atoms with Gasteiger partial charge in [0.05, 0.1) is 10.8 Å². The van der Waals surface area contributed by atoms with Crippen molar-refractivity contribution in [3.63, 3.8) is 0 Å². The van der Waals surface area contributed by atoms with Crippen molar-refractivity contribution in [2.24, 2.45) is 0 Å². The van der Waals surface area contributed by atoms with Gasteiger partial charge in [-0.15, -0.1) is 0 Å². The number of halogens is 3. The van der Waals surface area contributed by atoms with Crippen LogP contribution >= 0.6 is 0 Å². The van der Waals surface area contributed by atoms with Crippen molar-refractivity contribution >= 4 is 15.6 Å². The summed E-state index contributed by atoms with van der Waals surface area (Å²) >= 11 is 0. The van der Waals surface area contributed by atoms with Gasteiger partial charge < -0.3 is 4.74 Å². The second kappa shape index (κ2) is 8.76. The standard InChI is InChI=1S/C26H21F3O4S/c1-16-8-12-18(13-9-16)21-23(22(30)19-6-4-3-5-7-19)33-25(26(27,28)29)24(21)34(31,32)20-14-10-17(2)11-15-20/h3-15,21,23H,1-2H3/t21-,23+/m1/s1. The van der Waals surface area contributed by atoms with Crippen molar-refractivity contribution in [2.75, 3.05) is 0 Å². The van der Waals surface area contributed by atoms with Gasteiger partial charge in [0.25, 0.3) is 0 Å². The smallest absolute Gasteiger partial charge is 0.450 e. The van der Waals surface area contributed by atoms with Gasteiger partial charge in [-0.25, -0.2) is 8.42 Å². The molecule has 0 spiro atoms. The lowest BCUT2D eigenvalue weighted by Gasteiger charge is -2.21. The Bertz CT molecular complexity index is 1340. The molecule has 0 unspecified atom stereocenters.